The molecule has 0 fully saturated rings. The number of hydrogen-bond acceptors (Lipinski definition) is 4. The van der Waals surface area contributed by atoms with Gasteiger partial charge in [0.2, 0.25) is 0 Å². The van der Waals surface area contributed by atoms with E-state index in [1.54, 1.807) is 0 Å². The van der Waals surface area contributed by atoms with Gasteiger partial charge in [-0.15, -0.1) is 0 Å². The highest BCUT2D eigenvalue weighted by Gasteiger charge is 2.28. The van der Waals surface area contributed by atoms with Gasteiger partial charge in [-0.2, -0.15) is 0 Å². The van der Waals surface area contributed by atoms with Gasteiger partial charge in [-0.05, 0) is 88.1 Å². The van der Waals surface area contributed by atoms with E-state index in [4.69, 9.17) is 9.47 Å². The third-order valence-electron chi connectivity index (χ3n) is 6.81. The SMILES string of the molecule is CC(C)(C)OC(=O)Nc1ccc(C(C)(C)c2cccc(C(C)(C)c3ccc(NC(=O)OC(C)(C)C)cc3)c2)cc1. The van der Waals surface area contributed by atoms with Gasteiger partial charge in [0.1, 0.15) is 11.2 Å². The maximum Gasteiger partial charge on any atom is 0.412 e. The summed E-state index contributed by atoms with van der Waals surface area (Å²) in [4.78, 5) is 24.3. The van der Waals surface area contributed by atoms with E-state index in [0.29, 0.717) is 11.4 Å². The van der Waals surface area contributed by atoms with Crippen LogP contribution < -0.4 is 10.6 Å². The zero-order valence-electron chi connectivity index (χ0n) is 25.6. The first-order chi connectivity index (χ1) is 18.4. The monoisotopic (exact) mass is 544 g/mol. The van der Waals surface area contributed by atoms with E-state index in [0.717, 1.165) is 11.1 Å². The molecule has 0 saturated carbocycles. The molecule has 0 aliphatic rings. The van der Waals surface area contributed by atoms with Crippen molar-refractivity contribution in [3.63, 3.8) is 0 Å². The van der Waals surface area contributed by atoms with Crippen molar-refractivity contribution >= 4 is 23.6 Å². The predicted octanol–water partition coefficient (Wildman–Crippen LogP) is 9.03. The molecule has 0 unspecified atom stereocenters. The third-order valence-corrected chi connectivity index (χ3v) is 6.81. The Kier molecular flexibility index (Phi) is 8.73. The van der Waals surface area contributed by atoms with Crippen molar-refractivity contribution in [2.24, 2.45) is 0 Å². The van der Waals surface area contributed by atoms with E-state index in [1.807, 2.05) is 90.1 Å². The summed E-state index contributed by atoms with van der Waals surface area (Å²) in [6, 6.07) is 24.5. The van der Waals surface area contributed by atoms with E-state index >= 15 is 0 Å². The number of ether oxygens (including phenoxy) is 2. The van der Waals surface area contributed by atoms with Gasteiger partial charge < -0.3 is 9.47 Å². The van der Waals surface area contributed by atoms with Crippen molar-refractivity contribution in [1.82, 2.24) is 0 Å². The highest BCUT2D eigenvalue weighted by atomic mass is 16.6. The molecule has 6 heteroatoms. The Morgan fingerprint density at radius 3 is 1.12 bits per heavy atom. The number of rotatable bonds is 6. The van der Waals surface area contributed by atoms with E-state index in [1.165, 1.54) is 11.1 Å². The molecule has 2 N–H and O–H groups in total. The molecule has 0 atom stereocenters. The van der Waals surface area contributed by atoms with Crippen LogP contribution in [0.15, 0.2) is 72.8 Å². The zero-order chi connectivity index (χ0) is 29.9. The van der Waals surface area contributed by atoms with Crippen molar-refractivity contribution in [3.8, 4) is 0 Å². The first-order valence-corrected chi connectivity index (χ1v) is 13.7. The lowest BCUT2D eigenvalue weighted by atomic mass is 9.73. The number of benzene rings is 3. The molecule has 0 aliphatic carbocycles. The number of nitrogens with one attached hydrogen (secondary N) is 2. The minimum atomic E-state index is -0.552. The average Bonchev–Trinajstić information content (AvgIpc) is 2.82. The van der Waals surface area contributed by atoms with Gasteiger partial charge >= 0.3 is 12.2 Å². The van der Waals surface area contributed by atoms with Gasteiger partial charge in [0.25, 0.3) is 0 Å². The molecule has 214 valence electrons. The third kappa shape index (κ3) is 8.10. The lowest BCUT2D eigenvalue weighted by Gasteiger charge is -2.31. The Labute approximate surface area is 239 Å². The molecule has 0 radical (unpaired) electrons. The van der Waals surface area contributed by atoms with Crippen LogP contribution in [0.3, 0.4) is 0 Å². The molecule has 2 amide bonds. The molecule has 3 rings (SSSR count). The highest BCUT2D eigenvalue weighted by molar-refractivity contribution is 5.85. The summed E-state index contributed by atoms with van der Waals surface area (Å²) in [5.74, 6) is 0. The number of amides is 2. The molecule has 0 saturated heterocycles. The first-order valence-electron chi connectivity index (χ1n) is 13.7. The van der Waals surface area contributed by atoms with E-state index in [2.05, 4.69) is 62.6 Å². The Morgan fingerprint density at radius 1 is 0.500 bits per heavy atom. The van der Waals surface area contributed by atoms with Crippen LogP contribution in [0.4, 0.5) is 21.0 Å². The van der Waals surface area contributed by atoms with Gasteiger partial charge in [-0.1, -0.05) is 76.2 Å². The number of hydrogen-bond donors (Lipinski definition) is 2. The maximum atomic E-state index is 12.1. The van der Waals surface area contributed by atoms with Crippen LogP contribution in [0, 0.1) is 0 Å². The second-order valence-corrected chi connectivity index (χ2v) is 13.2. The minimum absolute atomic E-state index is 0.266. The Morgan fingerprint density at radius 2 is 0.825 bits per heavy atom. The molecular formula is C34H44N2O4. The Balaban J connectivity index is 1.78. The molecule has 0 aliphatic heterocycles. The maximum absolute atomic E-state index is 12.1. The standard InChI is InChI=1S/C34H44N2O4/c1-31(2,3)39-29(37)35-27-18-14-23(15-19-27)33(7,8)25-12-11-13-26(22-25)34(9,10)24-16-20-28(21-17-24)36-30(38)40-32(4,5)6/h11-22H,1-10H3,(H,35,37)(H,36,38). The Bertz CT molecular complexity index is 1230. The fraction of sp³-hybridized carbons (Fsp3) is 0.412. The van der Waals surface area contributed by atoms with Crippen molar-refractivity contribution in [3.05, 3.63) is 95.1 Å². The molecule has 3 aromatic carbocycles. The summed E-state index contributed by atoms with van der Waals surface area (Å²) >= 11 is 0. The fourth-order valence-corrected chi connectivity index (χ4v) is 4.41. The van der Waals surface area contributed by atoms with Gasteiger partial charge in [0.05, 0.1) is 0 Å². The summed E-state index contributed by atoms with van der Waals surface area (Å²) in [6.45, 7) is 19.8. The first kappa shape index (κ1) is 30.7. The highest BCUT2D eigenvalue weighted by Crippen LogP contribution is 2.37. The normalized spacial score (nSPS) is 12.4. The number of anilines is 2. The van der Waals surface area contributed by atoms with Crippen molar-refractivity contribution in [2.45, 2.75) is 91.3 Å². The topological polar surface area (TPSA) is 76.7 Å². The minimum Gasteiger partial charge on any atom is -0.444 e. The van der Waals surface area contributed by atoms with E-state index < -0.39 is 23.4 Å². The van der Waals surface area contributed by atoms with Gasteiger partial charge in [-0.3, -0.25) is 10.6 Å². The largest absolute Gasteiger partial charge is 0.444 e. The van der Waals surface area contributed by atoms with Crippen LogP contribution in [0.1, 0.15) is 91.5 Å². The van der Waals surface area contributed by atoms with Gasteiger partial charge in [0, 0.05) is 22.2 Å². The lowest BCUT2D eigenvalue weighted by molar-refractivity contribution is 0.0624. The molecule has 40 heavy (non-hydrogen) atoms. The summed E-state index contributed by atoms with van der Waals surface area (Å²) in [6.07, 6.45) is -0.939. The quantitative estimate of drug-likeness (QED) is 0.325. The summed E-state index contributed by atoms with van der Waals surface area (Å²) in [5.41, 5.74) is 4.39. The molecular weight excluding hydrogens is 500 g/mol. The van der Waals surface area contributed by atoms with Crippen LogP contribution in [-0.4, -0.2) is 23.4 Å². The summed E-state index contributed by atoms with van der Waals surface area (Å²) in [5, 5.41) is 5.59. The van der Waals surface area contributed by atoms with Gasteiger partial charge in [0.15, 0.2) is 0 Å². The molecule has 6 nitrogen and oxygen atoms in total. The lowest BCUT2D eigenvalue weighted by Crippen LogP contribution is -2.27. The number of carbonyl (C=O) groups excluding carboxylic acids is 2. The molecule has 0 aromatic heterocycles. The second kappa shape index (κ2) is 11.4. The van der Waals surface area contributed by atoms with Crippen LogP contribution in [0.2, 0.25) is 0 Å². The fourth-order valence-electron chi connectivity index (χ4n) is 4.41. The van der Waals surface area contributed by atoms with Crippen LogP contribution in [0.25, 0.3) is 0 Å². The zero-order valence-corrected chi connectivity index (χ0v) is 25.6. The van der Waals surface area contributed by atoms with E-state index in [9.17, 15) is 9.59 Å². The molecule has 0 bridgehead atoms. The average molecular weight is 545 g/mol. The molecule has 0 heterocycles. The number of carbonyl (C=O) groups is 2. The van der Waals surface area contributed by atoms with Crippen molar-refractivity contribution in [2.75, 3.05) is 10.6 Å². The van der Waals surface area contributed by atoms with Crippen LogP contribution in [-0.2, 0) is 20.3 Å². The van der Waals surface area contributed by atoms with Gasteiger partial charge in [-0.25, -0.2) is 9.59 Å². The molecule has 3 aromatic rings. The van der Waals surface area contributed by atoms with E-state index in [-0.39, 0.29) is 10.8 Å². The summed E-state index contributed by atoms with van der Waals surface area (Å²) in [7, 11) is 0. The van der Waals surface area contributed by atoms with Crippen LogP contribution >= 0.6 is 0 Å². The smallest absolute Gasteiger partial charge is 0.412 e. The predicted molar refractivity (Wildman–Crippen MR) is 163 cm³/mol. The second-order valence-electron chi connectivity index (χ2n) is 13.2. The van der Waals surface area contributed by atoms with Crippen molar-refractivity contribution in [1.29, 1.82) is 0 Å². The summed E-state index contributed by atoms with van der Waals surface area (Å²) < 4.78 is 10.7. The molecule has 0 spiro atoms. The van der Waals surface area contributed by atoms with Crippen molar-refractivity contribution < 1.29 is 19.1 Å². The Hall–Kier alpha value is -3.80. The van der Waals surface area contributed by atoms with Crippen LogP contribution in [0.5, 0.6) is 0 Å².